The second-order valence-electron chi connectivity index (χ2n) is 3.16. The summed E-state index contributed by atoms with van der Waals surface area (Å²) in [6, 6.07) is -0.404. The van der Waals surface area contributed by atoms with E-state index in [1.807, 2.05) is 0 Å². The van der Waals surface area contributed by atoms with Crippen molar-refractivity contribution in [3.63, 3.8) is 0 Å². The average molecular weight is 189 g/mol. The quantitative estimate of drug-likeness (QED) is 0.559. The first kappa shape index (κ1) is 11.9. The number of nitrogens with one attached hydrogen (secondary N) is 1. The van der Waals surface area contributed by atoms with E-state index < -0.39 is 11.9 Å². The minimum absolute atomic E-state index is 0.00393. The highest BCUT2D eigenvalue weighted by molar-refractivity contribution is 5.68. The van der Waals surface area contributed by atoms with E-state index in [-0.39, 0.29) is 24.9 Å². The summed E-state index contributed by atoms with van der Waals surface area (Å²) in [5, 5.41) is 19.7. The van der Waals surface area contributed by atoms with E-state index >= 15 is 0 Å². The average Bonchev–Trinajstić information content (AvgIpc) is 1.80. The molecular weight excluding hydrogens is 174 g/mol. The van der Waals surface area contributed by atoms with Gasteiger partial charge in [0, 0.05) is 12.1 Å². The van der Waals surface area contributed by atoms with Crippen molar-refractivity contribution < 1.29 is 19.8 Å². The normalized spacial score (nSPS) is 14.9. The monoisotopic (exact) mass is 189 g/mol. The fourth-order valence-electron chi connectivity index (χ4n) is 1.13. The maximum Gasteiger partial charge on any atom is 0.304 e. The molecule has 0 saturated carbocycles. The van der Waals surface area contributed by atoms with Crippen molar-refractivity contribution in [3.05, 3.63) is 0 Å². The number of hydrogen-bond acceptors (Lipinski definition) is 3. The van der Waals surface area contributed by atoms with E-state index in [1.54, 1.807) is 13.8 Å². The molecule has 0 rings (SSSR count). The van der Waals surface area contributed by atoms with Crippen LogP contribution < -0.4 is 5.32 Å². The summed E-state index contributed by atoms with van der Waals surface area (Å²) >= 11 is 0. The molecule has 0 aromatic rings. The number of aliphatic carboxylic acids is 2. The Labute approximate surface area is 76.8 Å². The first-order chi connectivity index (χ1) is 5.91. The van der Waals surface area contributed by atoms with Gasteiger partial charge in [0.2, 0.25) is 0 Å². The minimum atomic E-state index is -0.887. The SMILES string of the molecule is CC(CC(=O)O)NC(C)CC(=O)O. The van der Waals surface area contributed by atoms with Crippen LogP contribution in [0.4, 0.5) is 0 Å². The maximum absolute atomic E-state index is 10.3. The Balaban J connectivity index is 3.70. The third-order valence-electron chi connectivity index (χ3n) is 1.53. The lowest BCUT2D eigenvalue weighted by Crippen LogP contribution is -2.37. The molecule has 13 heavy (non-hydrogen) atoms. The van der Waals surface area contributed by atoms with Gasteiger partial charge in [-0.05, 0) is 13.8 Å². The van der Waals surface area contributed by atoms with Gasteiger partial charge in [-0.2, -0.15) is 0 Å². The van der Waals surface area contributed by atoms with Crippen molar-refractivity contribution in [2.75, 3.05) is 0 Å². The molecule has 0 heterocycles. The lowest BCUT2D eigenvalue weighted by Gasteiger charge is -2.16. The van der Waals surface area contributed by atoms with Gasteiger partial charge in [-0.25, -0.2) is 0 Å². The van der Waals surface area contributed by atoms with Crippen molar-refractivity contribution in [2.45, 2.75) is 38.8 Å². The molecule has 0 radical (unpaired) electrons. The molecule has 0 saturated heterocycles. The van der Waals surface area contributed by atoms with Crippen LogP contribution in [-0.4, -0.2) is 34.2 Å². The van der Waals surface area contributed by atoms with Crippen LogP contribution in [-0.2, 0) is 9.59 Å². The van der Waals surface area contributed by atoms with Crippen molar-refractivity contribution in [3.8, 4) is 0 Å². The zero-order chi connectivity index (χ0) is 10.4. The van der Waals surface area contributed by atoms with E-state index in [4.69, 9.17) is 10.2 Å². The summed E-state index contributed by atoms with van der Waals surface area (Å²) in [6.45, 7) is 3.43. The van der Waals surface area contributed by atoms with Crippen molar-refractivity contribution in [1.82, 2.24) is 5.32 Å². The number of carbonyl (C=O) groups is 2. The van der Waals surface area contributed by atoms with Crippen LogP contribution in [0.25, 0.3) is 0 Å². The molecule has 0 aliphatic rings. The third-order valence-corrected chi connectivity index (χ3v) is 1.53. The number of rotatable bonds is 6. The largest absolute Gasteiger partial charge is 0.481 e. The lowest BCUT2D eigenvalue weighted by atomic mass is 10.1. The second kappa shape index (κ2) is 5.53. The Kier molecular flexibility index (Phi) is 5.06. The molecule has 5 heteroatoms. The molecule has 0 spiro atoms. The summed E-state index contributed by atoms with van der Waals surface area (Å²) < 4.78 is 0. The molecule has 0 aromatic carbocycles. The maximum atomic E-state index is 10.3. The minimum Gasteiger partial charge on any atom is -0.481 e. The third kappa shape index (κ3) is 7.27. The van der Waals surface area contributed by atoms with Gasteiger partial charge in [0.25, 0.3) is 0 Å². The van der Waals surface area contributed by atoms with Crippen LogP contribution in [0, 0.1) is 0 Å². The highest BCUT2D eigenvalue weighted by Gasteiger charge is 2.12. The Bertz CT molecular complexity index is 173. The van der Waals surface area contributed by atoms with Gasteiger partial charge in [0.05, 0.1) is 12.8 Å². The Morgan fingerprint density at radius 2 is 1.38 bits per heavy atom. The van der Waals surface area contributed by atoms with E-state index in [0.29, 0.717) is 0 Å². The topological polar surface area (TPSA) is 86.6 Å². The van der Waals surface area contributed by atoms with Crippen LogP contribution in [0.15, 0.2) is 0 Å². The Hall–Kier alpha value is -1.10. The summed E-state index contributed by atoms with van der Waals surface area (Å²) in [6.07, 6.45) is 0.00786. The second-order valence-corrected chi connectivity index (χ2v) is 3.16. The number of carboxylic acid groups (broad SMARTS) is 2. The van der Waals surface area contributed by atoms with Crippen molar-refractivity contribution in [1.29, 1.82) is 0 Å². The first-order valence-corrected chi connectivity index (χ1v) is 4.11. The van der Waals surface area contributed by atoms with Crippen LogP contribution in [0.1, 0.15) is 26.7 Å². The number of carboxylic acids is 2. The van der Waals surface area contributed by atoms with Crippen LogP contribution in [0.5, 0.6) is 0 Å². The summed E-state index contributed by atoms with van der Waals surface area (Å²) in [5.41, 5.74) is 0. The highest BCUT2D eigenvalue weighted by Crippen LogP contribution is 1.96. The zero-order valence-corrected chi connectivity index (χ0v) is 7.78. The molecule has 2 unspecified atom stereocenters. The van der Waals surface area contributed by atoms with E-state index in [2.05, 4.69) is 5.32 Å². The molecule has 0 aromatic heterocycles. The van der Waals surface area contributed by atoms with Crippen molar-refractivity contribution in [2.24, 2.45) is 0 Å². The van der Waals surface area contributed by atoms with E-state index in [1.165, 1.54) is 0 Å². The van der Waals surface area contributed by atoms with Gasteiger partial charge < -0.3 is 15.5 Å². The standard InChI is InChI=1S/C8H15NO4/c1-5(3-7(10)11)9-6(2)4-8(12)13/h5-6,9H,3-4H2,1-2H3,(H,10,11)(H,12,13). The van der Waals surface area contributed by atoms with E-state index in [9.17, 15) is 9.59 Å². The highest BCUT2D eigenvalue weighted by atomic mass is 16.4. The molecule has 0 bridgehead atoms. The van der Waals surface area contributed by atoms with Crippen molar-refractivity contribution >= 4 is 11.9 Å². The first-order valence-electron chi connectivity index (χ1n) is 4.11. The van der Waals surface area contributed by atoms with Gasteiger partial charge >= 0.3 is 11.9 Å². The fourth-order valence-corrected chi connectivity index (χ4v) is 1.13. The van der Waals surface area contributed by atoms with E-state index in [0.717, 1.165) is 0 Å². The zero-order valence-electron chi connectivity index (χ0n) is 7.78. The van der Waals surface area contributed by atoms with Crippen LogP contribution in [0.3, 0.4) is 0 Å². The fraction of sp³-hybridized carbons (Fsp3) is 0.750. The molecule has 3 N–H and O–H groups in total. The van der Waals surface area contributed by atoms with Gasteiger partial charge in [-0.3, -0.25) is 9.59 Å². The predicted octanol–water partition coefficient (Wildman–Crippen LogP) is 0.302. The Morgan fingerprint density at radius 3 is 1.62 bits per heavy atom. The Morgan fingerprint density at radius 1 is 1.08 bits per heavy atom. The predicted molar refractivity (Wildman–Crippen MR) is 46.6 cm³/mol. The van der Waals surface area contributed by atoms with Crippen LogP contribution >= 0.6 is 0 Å². The molecule has 5 nitrogen and oxygen atoms in total. The van der Waals surface area contributed by atoms with Gasteiger partial charge in [-0.15, -0.1) is 0 Å². The summed E-state index contributed by atoms with van der Waals surface area (Å²) in [4.78, 5) is 20.5. The molecule has 76 valence electrons. The van der Waals surface area contributed by atoms with Gasteiger partial charge in [-0.1, -0.05) is 0 Å². The number of hydrogen-bond donors (Lipinski definition) is 3. The van der Waals surface area contributed by atoms with Crippen LogP contribution in [0.2, 0.25) is 0 Å². The molecule has 2 atom stereocenters. The molecule has 0 aliphatic carbocycles. The molecule has 0 amide bonds. The lowest BCUT2D eigenvalue weighted by molar-refractivity contribution is -0.137. The van der Waals surface area contributed by atoms with Gasteiger partial charge in [0.15, 0.2) is 0 Å². The van der Waals surface area contributed by atoms with Gasteiger partial charge in [0.1, 0.15) is 0 Å². The summed E-state index contributed by atoms with van der Waals surface area (Å²) in [7, 11) is 0. The molecular formula is C8H15NO4. The molecule has 0 fully saturated rings. The molecule has 0 aliphatic heterocycles. The smallest absolute Gasteiger partial charge is 0.304 e. The summed E-state index contributed by atoms with van der Waals surface area (Å²) in [5.74, 6) is -1.77.